The van der Waals surface area contributed by atoms with Crippen molar-refractivity contribution < 1.29 is 23.0 Å². The average Bonchev–Trinajstić information content (AvgIpc) is 2.90. The number of ether oxygens (including phenoxy) is 2. The van der Waals surface area contributed by atoms with Crippen molar-refractivity contribution in [2.75, 3.05) is 33.9 Å². The Labute approximate surface area is 219 Å². The first-order chi connectivity index (χ1) is 17.7. The van der Waals surface area contributed by atoms with Crippen molar-refractivity contribution in [1.29, 1.82) is 0 Å². The van der Waals surface area contributed by atoms with E-state index in [9.17, 15) is 13.5 Å². The number of nitrogens with zero attached hydrogens (tertiary/aromatic N) is 3. The summed E-state index contributed by atoms with van der Waals surface area (Å²) in [6.45, 7) is 5.00. The van der Waals surface area contributed by atoms with E-state index in [4.69, 9.17) is 9.47 Å². The lowest BCUT2D eigenvalue weighted by molar-refractivity contribution is 0.0734. The molecule has 1 aliphatic rings. The highest BCUT2D eigenvalue weighted by Crippen LogP contribution is 2.37. The average molecular weight is 526 g/mol. The van der Waals surface area contributed by atoms with Crippen molar-refractivity contribution in [1.82, 2.24) is 14.2 Å². The molecule has 0 radical (unpaired) electrons. The molecular weight excluding hydrogens is 490 g/mol. The minimum absolute atomic E-state index is 0.105. The zero-order valence-corrected chi connectivity index (χ0v) is 22.6. The lowest BCUT2D eigenvalue weighted by atomic mass is 10.0. The zero-order chi connectivity index (χ0) is 26.6. The van der Waals surface area contributed by atoms with E-state index in [1.807, 2.05) is 50.4 Å². The molecule has 0 amide bonds. The van der Waals surface area contributed by atoms with Crippen molar-refractivity contribution in [3.05, 3.63) is 72.6 Å². The summed E-state index contributed by atoms with van der Waals surface area (Å²) in [5, 5.41) is 9.87. The molecule has 0 aliphatic carbocycles. The molecule has 0 fully saturated rings. The van der Waals surface area contributed by atoms with E-state index in [2.05, 4.69) is 9.88 Å². The number of likely N-dealkylation sites (N-methyl/N-ethyl adjacent to an activating group) is 1. The standard InChI is InChI=1S/C28H35N3O5S/c1-20-16-31(21(2)19-32)37(33,34)28-9-8-24(23-6-5-7-25(14-23)35-4)15-26(28)36-27(20)18-30(3)17-22-10-12-29-13-11-22/h5-15,20-21,27,32H,16-19H2,1-4H3/t20-,21+,27-/m1/s1. The Balaban J connectivity index is 1.73. The van der Waals surface area contributed by atoms with Crippen molar-refractivity contribution in [2.45, 2.75) is 37.4 Å². The van der Waals surface area contributed by atoms with Crippen LogP contribution in [0.1, 0.15) is 19.4 Å². The third kappa shape index (κ3) is 6.13. The molecule has 1 N–H and O–H groups in total. The second kappa shape index (κ2) is 11.6. The normalized spacial score (nSPS) is 20.4. The van der Waals surface area contributed by atoms with Crippen molar-refractivity contribution in [3.8, 4) is 22.6 Å². The Kier molecular flexibility index (Phi) is 8.49. The molecule has 8 nitrogen and oxygen atoms in total. The molecule has 0 unspecified atom stereocenters. The fourth-order valence-corrected chi connectivity index (χ4v) is 6.42. The number of aliphatic hydroxyl groups excluding tert-OH is 1. The molecule has 2 aromatic carbocycles. The molecule has 1 aromatic heterocycles. The van der Waals surface area contributed by atoms with Gasteiger partial charge in [0.25, 0.3) is 0 Å². The lowest BCUT2D eigenvalue weighted by Crippen LogP contribution is -2.49. The maximum absolute atomic E-state index is 13.7. The first-order valence-corrected chi connectivity index (χ1v) is 13.8. The Morgan fingerprint density at radius 1 is 1.16 bits per heavy atom. The Hall–Kier alpha value is -2.98. The van der Waals surface area contributed by atoms with Gasteiger partial charge in [-0.3, -0.25) is 9.88 Å². The predicted molar refractivity (Wildman–Crippen MR) is 143 cm³/mol. The van der Waals surface area contributed by atoms with Gasteiger partial charge in [-0.05, 0) is 67.1 Å². The van der Waals surface area contributed by atoms with Crippen LogP contribution in [0.25, 0.3) is 11.1 Å². The van der Waals surface area contributed by atoms with E-state index in [1.54, 1.807) is 44.6 Å². The van der Waals surface area contributed by atoms with Gasteiger partial charge in [-0.1, -0.05) is 25.1 Å². The molecule has 37 heavy (non-hydrogen) atoms. The number of aromatic nitrogens is 1. The van der Waals surface area contributed by atoms with Crippen LogP contribution in [-0.2, 0) is 16.6 Å². The number of benzene rings is 2. The molecule has 3 aromatic rings. The van der Waals surface area contributed by atoms with Gasteiger partial charge in [-0.2, -0.15) is 4.31 Å². The highest BCUT2D eigenvalue weighted by Gasteiger charge is 2.38. The summed E-state index contributed by atoms with van der Waals surface area (Å²) in [4.78, 5) is 6.35. The van der Waals surface area contributed by atoms with Gasteiger partial charge in [0.05, 0.1) is 13.7 Å². The second-order valence-corrected chi connectivity index (χ2v) is 11.5. The van der Waals surface area contributed by atoms with Gasteiger partial charge in [0.15, 0.2) is 0 Å². The number of rotatable bonds is 8. The molecule has 3 atom stereocenters. The summed E-state index contributed by atoms with van der Waals surface area (Å²) >= 11 is 0. The molecule has 0 bridgehead atoms. The highest BCUT2D eigenvalue weighted by atomic mass is 32.2. The van der Waals surface area contributed by atoms with Gasteiger partial charge in [-0.25, -0.2) is 8.42 Å². The van der Waals surface area contributed by atoms with Gasteiger partial charge in [0.2, 0.25) is 10.0 Å². The molecule has 0 saturated carbocycles. The van der Waals surface area contributed by atoms with E-state index in [1.165, 1.54) is 4.31 Å². The van der Waals surface area contributed by atoms with Crippen LogP contribution in [0.2, 0.25) is 0 Å². The van der Waals surface area contributed by atoms with Crippen LogP contribution in [0.5, 0.6) is 11.5 Å². The summed E-state index contributed by atoms with van der Waals surface area (Å²) in [5.74, 6) is 0.895. The topological polar surface area (TPSA) is 92.2 Å². The zero-order valence-electron chi connectivity index (χ0n) is 21.7. The molecule has 9 heteroatoms. The quantitative estimate of drug-likeness (QED) is 0.480. The Bertz CT molecular complexity index is 1300. The molecule has 0 saturated heterocycles. The largest absolute Gasteiger partial charge is 0.497 e. The van der Waals surface area contributed by atoms with Crippen LogP contribution in [0.3, 0.4) is 0 Å². The van der Waals surface area contributed by atoms with Gasteiger partial charge in [0, 0.05) is 44.0 Å². The number of hydrogen-bond acceptors (Lipinski definition) is 7. The van der Waals surface area contributed by atoms with Crippen LogP contribution in [0.4, 0.5) is 0 Å². The fourth-order valence-electron chi connectivity index (χ4n) is 4.60. The number of pyridine rings is 1. The van der Waals surface area contributed by atoms with E-state index in [0.717, 1.165) is 16.7 Å². The van der Waals surface area contributed by atoms with Crippen molar-refractivity contribution >= 4 is 10.0 Å². The first-order valence-electron chi connectivity index (χ1n) is 12.4. The third-order valence-corrected chi connectivity index (χ3v) is 8.78. The van der Waals surface area contributed by atoms with Gasteiger partial charge in [-0.15, -0.1) is 0 Å². The third-order valence-electron chi connectivity index (χ3n) is 6.76. The van der Waals surface area contributed by atoms with Crippen LogP contribution in [0.15, 0.2) is 71.9 Å². The van der Waals surface area contributed by atoms with Crippen LogP contribution in [0, 0.1) is 5.92 Å². The summed E-state index contributed by atoms with van der Waals surface area (Å²) in [6, 6.07) is 16.2. The molecule has 4 rings (SSSR count). The van der Waals surface area contributed by atoms with Crippen molar-refractivity contribution in [2.24, 2.45) is 5.92 Å². The molecular formula is C28H35N3O5S. The first kappa shape index (κ1) is 27.1. The van der Waals surface area contributed by atoms with Crippen LogP contribution in [-0.4, -0.2) is 73.7 Å². The number of sulfonamides is 1. The van der Waals surface area contributed by atoms with E-state index in [-0.39, 0.29) is 30.1 Å². The van der Waals surface area contributed by atoms with Crippen LogP contribution < -0.4 is 9.47 Å². The van der Waals surface area contributed by atoms with E-state index >= 15 is 0 Å². The molecule has 0 spiro atoms. The summed E-state index contributed by atoms with van der Waals surface area (Å²) in [7, 11) is -0.263. The van der Waals surface area contributed by atoms with Gasteiger partial charge < -0.3 is 14.6 Å². The maximum Gasteiger partial charge on any atom is 0.247 e. The number of aliphatic hydroxyl groups is 1. The van der Waals surface area contributed by atoms with E-state index < -0.39 is 16.1 Å². The smallest absolute Gasteiger partial charge is 0.247 e. The minimum atomic E-state index is -3.90. The second-order valence-electron chi connectivity index (χ2n) is 9.69. The predicted octanol–water partition coefficient (Wildman–Crippen LogP) is 3.66. The van der Waals surface area contributed by atoms with E-state index in [0.29, 0.717) is 24.6 Å². The summed E-state index contributed by atoms with van der Waals surface area (Å²) in [6.07, 6.45) is 3.26. The van der Waals surface area contributed by atoms with Crippen LogP contribution >= 0.6 is 0 Å². The number of methoxy groups -OCH3 is 1. The Morgan fingerprint density at radius 3 is 2.59 bits per heavy atom. The SMILES string of the molecule is COc1cccc(-c2ccc3c(c2)O[C@H](CN(C)Cc2ccncc2)[C@H](C)CN([C@@H](C)CO)S3(=O)=O)c1. The Morgan fingerprint density at radius 2 is 1.89 bits per heavy atom. The lowest BCUT2D eigenvalue weighted by Gasteiger charge is -2.37. The molecule has 198 valence electrons. The summed E-state index contributed by atoms with van der Waals surface area (Å²) in [5.41, 5.74) is 2.85. The van der Waals surface area contributed by atoms with Crippen molar-refractivity contribution in [3.63, 3.8) is 0 Å². The number of fused-ring (bicyclic) bond motifs is 1. The van der Waals surface area contributed by atoms with Gasteiger partial charge >= 0.3 is 0 Å². The maximum atomic E-state index is 13.7. The minimum Gasteiger partial charge on any atom is -0.497 e. The number of hydrogen-bond donors (Lipinski definition) is 1. The highest BCUT2D eigenvalue weighted by molar-refractivity contribution is 7.89. The summed E-state index contributed by atoms with van der Waals surface area (Å²) < 4.78 is 40.8. The van der Waals surface area contributed by atoms with Gasteiger partial charge in [0.1, 0.15) is 22.5 Å². The fraction of sp³-hybridized carbons (Fsp3) is 0.393. The molecule has 2 heterocycles. The monoisotopic (exact) mass is 525 g/mol. The molecule has 1 aliphatic heterocycles.